The number of carboxylic acids is 1. The van der Waals surface area contributed by atoms with E-state index in [2.05, 4.69) is 30.6 Å². The van der Waals surface area contributed by atoms with Crippen LogP contribution in [0, 0.1) is 0 Å². The van der Waals surface area contributed by atoms with Gasteiger partial charge in [0.2, 0.25) is 0 Å². The highest BCUT2D eigenvalue weighted by molar-refractivity contribution is 9.10. The molecule has 0 bridgehead atoms. The summed E-state index contributed by atoms with van der Waals surface area (Å²) in [6.07, 6.45) is 1.91. The Hall–Kier alpha value is -2.67. The number of nitrogens with zero attached hydrogens (tertiary/aromatic N) is 1. The molecule has 0 aliphatic rings. The van der Waals surface area contributed by atoms with Gasteiger partial charge in [0, 0.05) is 4.47 Å². The van der Waals surface area contributed by atoms with Gasteiger partial charge < -0.3 is 5.11 Å². The number of halogens is 1. The molecule has 2 aromatic carbocycles. The Kier molecular flexibility index (Phi) is 5.87. The van der Waals surface area contributed by atoms with E-state index in [0.717, 1.165) is 17.5 Å². The Morgan fingerprint density at radius 2 is 1.91 bits per heavy atom. The SMILES string of the molecule is O=C(O)c1cccc(Cc2ccccc2)c1Br.O=c1[nH]cno1. The van der Waals surface area contributed by atoms with E-state index in [1.807, 2.05) is 36.4 Å². The van der Waals surface area contributed by atoms with Crippen molar-refractivity contribution in [3.8, 4) is 0 Å². The van der Waals surface area contributed by atoms with Crippen molar-refractivity contribution in [3.05, 3.63) is 86.6 Å². The van der Waals surface area contributed by atoms with Crippen molar-refractivity contribution in [1.29, 1.82) is 0 Å². The zero-order chi connectivity index (χ0) is 16.7. The molecule has 0 aliphatic carbocycles. The quantitative estimate of drug-likeness (QED) is 0.731. The van der Waals surface area contributed by atoms with Gasteiger partial charge in [-0.25, -0.2) is 9.59 Å². The lowest BCUT2D eigenvalue weighted by atomic mass is 10.0. The molecule has 6 nitrogen and oxygen atoms in total. The van der Waals surface area contributed by atoms with Crippen LogP contribution in [0.5, 0.6) is 0 Å². The third-order valence-electron chi connectivity index (χ3n) is 2.92. The highest BCUT2D eigenvalue weighted by Crippen LogP contribution is 2.24. The molecule has 1 heterocycles. The minimum Gasteiger partial charge on any atom is -0.478 e. The van der Waals surface area contributed by atoms with E-state index in [1.54, 1.807) is 12.1 Å². The van der Waals surface area contributed by atoms with E-state index in [1.165, 1.54) is 6.33 Å². The summed E-state index contributed by atoms with van der Waals surface area (Å²) in [5.74, 6) is -1.43. The predicted octanol–water partition coefficient (Wildman–Crippen LogP) is 3.10. The van der Waals surface area contributed by atoms with E-state index in [4.69, 9.17) is 5.11 Å². The first-order valence-electron chi connectivity index (χ1n) is 6.62. The van der Waals surface area contributed by atoms with Gasteiger partial charge in [0.25, 0.3) is 0 Å². The summed E-state index contributed by atoms with van der Waals surface area (Å²) in [5, 5.41) is 12.1. The van der Waals surface area contributed by atoms with Crippen LogP contribution in [0.2, 0.25) is 0 Å². The molecule has 0 fully saturated rings. The van der Waals surface area contributed by atoms with E-state index >= 15 is 0 Å². The van der Waals surface area contributed by atoms with Gasteiger partial charge in [-0.15, -0.1) is 0 Å². The van der Waals surface area contributed by atoms with Crippen molar-refractivity contribution < 1.29 is 14.4 Å². The van der Waals surface area contributed by atoms with Gasteiger partial charge in [-0.1, -0.05) is 47.6 Å². The second-order valence-electron chi connectivity index (χ2n) is 4.50. The number of nitrogens with one attached hydrogen (secondary N) is 1. The number of benzene rings is 2. The van der Waals surface area contributed by atoms with Gasteiger partial charge in [-0.2, -0.15) is 0 Å². The Morgan fingerprint density at radius 1 is 1.17 bits per heavy atom. The summed E-state index contributed by atoms with van der Waals surface area (Å²) in [5.41, 5.74) is 2.45. The summed E-state index contributed by atoms with van der Waals surface area (Å²) in [6, 6.07) is 15.3. The molecule has 2 N–H and O–H groups in total. The number of carboxylic acid groups (broad SMARTS) is 1. The maximum Gasteiger partial charge on any atom is 0.438 e. The van der Waals surface area contributed by atoms with Crippen LogP contribution >= 0.6 is 15.9 Å². The number of rotatable bonds is 3. The maximum atomic E-state index is 11.0. The van der Waals surface area contributed by atoms with Gasteiger partial charge >= 0.3 is 11.7 Å². The molecular weight excluding hydrogens is 364 g/mol. The predicted molar refractivity (Wildman–Crippen MR) is 87.5 cm³/mol. The Morgan fingerprint density at radius 3 is 2.43 bits per heavy atom. The molecule has 118 valence electrons. The van der Waals surface area contributed by atoms with E-state index < -0.39 is 11.7 Å². The third kappa shape index (κ3) is 4.93. The van der Waals surface area contributed by atoms with Gasteiger partial charge in [-0.05, 0) is 39.5 Å². The highest BCUT2D eigenvalue weighted by atomic mass is 79.9. The molecule has 0 saturated carbocycles. The van der Waals surface area contributed by atoms with Crippen LogP contribution in [-0.2, 0) is 6.42 Å². The summed E-state index contributed by atoms with van der Waals surface area (Å²) in [6.45, 7) is 0. The molecule has 0 radical (unpaired) electrons. The van der Waals surface area contributed by atoms with Crippen molar-refractivity contribution in [2.24, 2.45) is 0 Å². The Bertz CT molecular complexity index is 811. The van der Waals surface area contributed by atoms with Crippen LogP contribution in [0.3, 0.4) is 0 Å². The lowest BCUT2D eigenvalue weighted by Gasteiger charge is -2.07. The molecule has 0 spiro atoms. The number of aromatic carboxylic acids is 1. The van der Waals surface area contributed by atoms with E-state index in [0.29, 0.717) is 10.0 Å². The van der Waals surface area contributed by atoms with Crippen LogP contribution in [0.25, 0.3) is 0 Å². The molecule has 0 saturated heterocycles. The Labute approximate surface area is 139 Å². The fourth-order valence-electron chi connectivity index (χ4n) is 1.88. The first-order chi connectivity index (χ1) is 11.1. The van der Waals surface area contributed by atoms with Crippen LogP contribution in [0.1, 0.15) is 21.5 Å². The average molecular weight is 377 g/mol. The van der Waals surface area contributed by atoms with Crippen molar-refractivity contribution in [3.63, 3.8) is 0 Å². The summed E-state index contributed by atoms with van der Waals surface area (Å²) < 4.78 is 4.64. The number of hydrogen-bond donors (Lipinski definition) is 2. The first kappa shape index (κ1) is 16.7. The topological polar surface area (TPSA) is 96.2 Å². The van der Waals surface area contributed by atoms with Crippen LogP contribution in [-0.4, -0.2) is 21.2 Å². The third-order valence-corrected chi connectivity index (χ3v) is 3.85. The second-order valence-corrected chi connectivity index (χ2v) is 5.30. The monoisotopic (exact) mass is 376 g/mol. The molecule has 0 atom stereocenters. The Balaban J connectivity index is 0.000000268. The zero-order valence-corrected chi connectivity index (χ0v) is 13.5. The van der Waals surface area contributed by atoms with E-state index in [9.17, 15) is 9.59 Å². The molecule has 3 rings (SSSR count). The summed E-state index contributed by atoms with van der Waals surface area (Å²) >= 11 is 3.36. The summed E-state index contributed by atoms with van der Waals surface area (Å²) in [4.78, 5) is 22.9. The van der Waals surface area contributed by atoms with Crippen molar-refractivity contribution in [2.75, 3.05) is 0 Å². The van der Waals surface area contributed by atoms with Crippen molar-refractivity contribution in [1.82, 2.24) is 10.1 Å². The van der Waals surface area contributed by atoms with Crippen LogP contribution in [0.15, 0.2) is 68.6 Å². The number of aromatic nitrogens is 2. The molecule has 3 aromatic rings. The molecule has 0 unspecified atom stereocenters. The van der Waals surface area contributed by atoms with Crippen LogP contribution in [0.4, 0.5) is 0 Å². The first-order valence-corrected chi connectivity index (χ1v) is 7.41. The molecule has 0 aliphatic heterocycles. The van der Waals surface area contributed by atoms with Crippen molar-refractivity contribution in [2.45, 2.75) is 6.42 Å². The van der Waals surface area contributed by atoms with Crippen molar-refractivity contribution >= 4 is 21.9 Å². The number of H-pyrrole nitrogens is 1. The van der Waals surface area contributed by atoms with E-state index in [-0.39, 0.29) is 0 Å². The molecular formula is C16H13BrN2O4. The highest BCUT2D eigenvalue weighted by Gasteiger charge is 2.11. The molecule has 1 aromatic heterocycles. The lowest BCUT2D eigenvalue weighted by molar-refractivity contribution is 0.0695. The minimum atomic E-state index is -0.910. The molecule has 7 heteroatoms. The normalized spacial score (nSPS) is 9.78. The smallest absolute Gasteiger partial charge is 0.438 e. The lowest BCUT2D eigenvalue weighted by Crippen LogP contribution is -2.00. The fraction of sp³-hybridized carbons (Fsp3) is 0.0625. The number of hydrogen-bond acceptors (Lipinski definition) is 4. The average Bonchev–Trinajstić information content (AvgIpc) is 3.02. The van der Waals surface area contributed by atoms with Gasteiger partial charge in [0.05, 0.1) is 5.56 Å². The number of carbonyl (C=O) groups is 1. The minimum absolute atomic E-state index is 0.304. The van der Waals surface area contributed by atoms with Gasteiger partial charge in [0.15, 0.2) is 0 Å². The van der Waals surface area contributed by atoms with Crippen LogP contribution < -0.4 is 5.76 Å². The largest absolute Gasteiger partial charge is 0.478 e. The second kappa shape index (κ2) is 8.09. The molecule has 0 amide bonds. The van der Waals surface area contributed by atoms with Gasteiger partial charge in [0.1, 0.15) is 6.33 Å². The molecule has 23 heavy (non-hydrogen) atoms. The summed E-state index contributed by atoms with van der Waals surface area (Å²) in [7, 11) is 0. The maximum absolute atomic E-state index is 11.0. The number of aromatic amines is 1. The van der Waals surface area contributed by atoms with Gasteiger partial charge in [-0.3, -0.25) is 9.51 Å². The zero-order valence-electron chi connectivity index (χ0n) is 11.9. The standard InChI is InChI=1S/C14H11BrO2.C2H2N2O2/c15-13-11(7-4-8-12(13)14(16)17)9-10-5-2-1-3-6-10;5-2-3-1-4-6-2/h1-8H,9H2,(H,16,17);1H,(H,3,4,5). The fourth-order valence-corrected chi connectivity index (χ4v) is 2.45.